The van der Waals surface area contributed by atoms with Crippen LogP contribution in [0.2, 0.25) is 0 Å². The minimum absolute atomic E-state index is 0.0127. The lowest BCUT2D eigenvalue weighted by Gasteiger charge is -2.56. The molecule has 14 heteroatoms. The molecule has 2 aromatic carbocycles. The Bertz CT molecular complexity index is 1810. The third-order valence-corrected chi connectivity index (χ3v) is 9.97. The van der Waals surface area contributed by atoms with Crippen LogP contribution in [0.1, 0.15) is 23.6 Å². The molecule has 1 unspecified atom stereocenters. The Morgan fingerprint density at radius 1 is 1.11 bits per heavy atom. The van der Waals surface area contributed by atoms with Gasteiger partial charge in [-0.25, -0.2) is 18.2 Å². The number of fused-ring (bicyclic) bond motifs is 1. The second-order valence-corrected chi connectivity index (χ2v) is 12.6. The Hall–Kier alpha value is -4.87. The van der Waals surface area contributed by atoms with Crippen LogP contribution in [0.15, 0.2) is 59.6 Å². The van der Waals surface area contributed by atoms with Crippen LogP contribution in [0, 0.1) is 16.7 Å². The monoisotopic (exact) mass is 618 g/mol. The molecule has 2 N–H and O–H groups in total. The predicted octanol–water partition coefficient (Wildman–Crippen LogP) is 1.96. The summed E-state index contributed by atoms with van der Waals surface area (Å²) in [5, 5.41) is 15.9. The van der Waals surface area contributed by atoms with Crippen LogP contribution in [0.5, 0.6) is 17.4 Å². The van der Waals surface area contributed by atoms with Gasteiger partial charge < -0.3 is 29.7 Å². The van der Waals surface area contributed by atoms with Gasteiger partial charge >= 0.3 is 6.03 Å². The highest BCUT2D eigenvalue weighted by molar-refractivity contribution is 7.93. The number of amides is 3. The van der Waals surface area contributed by atoms with E-state index in [0.717, 1.165) is 13.1 Å². The van der Waals surface area contributed by atoms with Gasteiger partial charge in [-0.1, -0.05) is 0 Å². The van der Waals surface area contributed by atoms with Crippen molar-refractivity contribution in [2.75, 3.05) is 51.3 Å². The quantitative estimate of drug-likeness (QED) is 0.382. The van der Waals surface area contributed by atoms with Crippen molar-refractivity contribution in [1.82, 2.24) is 20.5 Å². The number of nitrogens with zero attached hydrogens (tertiary/aromatic N) is 4. The van der Waals surface area contributed by atoms with Gasteiger partial charge in [-0.3, -0.25) is 4.79 Å². The van der Waals surface area contributed by atoms with E-state index in [1.54, 1.807) is 24.0 Å². The number of nitrogens with one attached hydrogen (secondary N) is 2. The third kappa shape index (κ3) is 4.30. The van der Waals surface area contributed by atoms with Gasteiger partial charge in [-0.05, 0) is 49.4 Å². The van der Waals surface area contributed by atoms with Crippen LogP contribution < -0.4 is 29.1 Å². The molecule has 1 atom stereocenters. The molecule has 3 amide bonds. The number of hydrogen-bond acceptors (Lipinski definition) is 10. The van der Waals surface area contributed by atoms with E-state index in [1.165, 1.54) is 56.8 Å². The molecule has 13 nitrogen and oxygen atoms in total. The molecule has 44 heavy (non-hydrogen) atoms. The molecule has 0 radical (unpaired) electrons. The molecule has 1 spiro atoms. The summed E-state index contributed by atoms with van der Waals surface area (Å²) in [6.07, 6.45) is 1.47. The van der Waals surface area contributed by atoms with E-state index in [-0.39, 0.29) is 50.9 Å². The van der Waals surface area contributed by atoms with E-state index in [2.05, 4.69) is 21.7 Å². The number of likely N-dealkylation sites (tertiary alicyclic amines) is 1. The van der Waals surface area contributed by atoms with Gasteiger partial charge in [0.05, 0.1) is 43.7 Å². The number of benzene rings is 2. The Morgan fingerprint density at radius 2 is 1.89 bits per heavy atom. The van der Waals surface area contributed by atoms with E-state index in [1.807, 2.05) is 0 Å². The van der Waals surface area contributed by atoms with Crippen molar-refractivity contribution in [1.29, 1.82) is 5.26 Å². The zero-order valence-corrected chi connectivity index (χ0v) is 25.1. The van der Waals surface area contributed by atoms with E-state index in [9.17, 15) is 23.3 Å². The average Bonchev–Trinajstić information content (AvgIpc) is 3.23. The van der Waals surface area contributed by atoms with Gasteiger partial charge in [0, 0.05) is 49.4 Å². The van der Waals surface area contributed by atoms with Crippen molar-refractivity contribution < 1.29 is 32.2 Å². The smallest absolute Gasteiger partial charge is 0.318 e. The molecule has 2 saturated heterocycles. The maximum absolute atomic E-state index is 14.9. The standard InChI is InChI=1S/C30H30N6O7S/c1-4-43-26-21(6-5-11-33-26)30(34-28(38)35-17-29(18-35)15-32-16-29)22-12-19(14-31)7-9-23(22)36(27(30)37)44(39,40)25-10-8-20(41-2)13-24(25)42-3/h5-13,32H,4,15-18H2,1-3H3,(H,34,38). The third-order valence-electron chi connectivity index (χ3n) is 8.23. The van der Waals surface area contributed by atoms with Gasteiger partial charge in [-0.2, -0.15) is 9.57 Å². The molecule has 2 fully saturated rings. The highest BCUT2D eigenvalue weighted by atomic mass is 32.2. The molecular formula is C30H30N6O7S. The number of anilines is 1. The Kier molecular flexibility index (Phi) is 7.10. The van der Waals surface area contributed by atoms with Crippen molar-refractivity contribution in [2.45, 2.75) is 17.4 Å². The molecular weight excluding hydrogens is 588 g/mol. The fourth-order valence-corrected chi connectivity index (χ4v) is 7.62. The summed E-state index contributed by atoms with van der Waals surface area (Å²) in [6, 6.07) is 12.9. The molecule has 4 heterocycles. The molecule has 0 saturated carbocycles. The Morgan fingerprint density at radius 3 is 2.52 bits per heavy atom. The normalized spacial score (nSPS) is 19.8. The lowest BCUT2D eigenvalue weighted by atomic mass is 9.74. The van der Waals surface area contributed by atoms with Crippen LogP contribution in [0.3, 0.4) is 0 Å². The molecule has 3 aliphatic rings. The van der Waals surface area contributed by atoms with Crippen molar-refractivity contribution in [2.24, 2.45) is 5.41 Å². The second kappa shape index (κ2) is 10.7. The number of hydrogen-bond donors (Lipinski definition) is 2. The lowest BCUT2D eigenvalue weighted by molar-refractivity contribution is -0.121. The Labute approximate surface area is 254 Å². The zero-order valence-electron chi connectivity index (χ0n) is 24.3. The van der Waals surface area contributed by atoms with Crippen LogP contribution in [-0.4, -0.2) is 77.2 Å². The van der Waals surface area contributed by atoms with Crippen molar-refractivity contribution in [3.8, 4) is 23.4 Å². The highest BCUT2D eigenvalue weighted by Crippen LogP contribution is 2.50. The van der Waals surface area contributed by atoms with Gasteiger partial charge in [0.2, 0.25) is 5.88 Å². The number of nitriles is 1. The summed E-state index contributed by atoms with van der Waals surface area (Å²) in [6.45, 7) is 4.42. The molecule has 6 rings (SSSR count). The first-order valence-corrected chi connectivity index (χ1v) is 15.3. The second-order valence-electron chi connectivity index (χ2n) is 10.9. The first-order valence-electron chi connectivity index (χ1n) is 13.9. The first-order chi connectivity index (χ1) is 21.1. The van der Waals surface area contributed by atoms with Crippen molar-refractivity contribution >= 4 is 27.6 Å². The Balaban J connectivity index is 1.56. The molecule has 3 aliphatic heterocycles. The number of carbonyl (C=O) groups is 2. The number of sulfonamides is 1. The maximum atomic E-state index is 14.9. The van der Waals surface area contributed by atoms with Crippen molar-refractivity contribution in [3.63, 3.8) is 0 Å². The molecule has 0 bridgehead atoms. The maximum Gasteiger partial charge on any atom is 0.318 e. The summed E-state index contributed by atoms with van der Waals surface area (Å²) in [4.78, 5) is 34.4. The minimum atomic E-state index is -4.67. The summed E-state index contributed by atoms with van der Waals surface area (Å²) >= 11 is 0. The molecule has 3 aromatic rings. The van der Waals surface area contributed by atoms with E-state index in [0.29, 0.717) is 23.1 Å². The fraction of sp³-hybridized carbons (Fsp3) is 0.333. The van der Waals surface area contributed by atoms with Gasteiger partial charge in [-0.15, -0.1) is 0 Å². The summed E-state index contributed by atoms with van der Waals surface area (Å²) < 4.78 is 45.9. The van der Waals surface area contributed by atoms with Gasteiger partial charge in [0.15, 0.2) is 5.54 Å². The molecule has 228 valence electrons. The van der Waals surface area contributed by atoms with Crippen molar-refractivity contribution in [3.05, 3.63) is 71.4 Å². The van der Waals surface area contributed by atoms with E-state index >= 15 is 0 Å². The highest BCUT2D eigenvalue weighted by Gasteiger charge is 2.60. The number of methoxy groups -OCH3 is 2. The topological polar surface area (TPSA) is 163 Å². The number of carbonyl (C=O) groups excluding carboxylic acids is 2. The first kappa shape index (κ1) is 29.2. The summed E-state index contributed by atoms with van der Waals surface area (Å²) in [5.74, 6) is -0.671. The lowest BCUT2D eigenvalue weighted by Crippen LogP contribution is -2.73. The number of urea groups is 1. The number of pyridine rings is 1. The van der Waals surface area contributed by atoms with Crippen LogP contribution in [0.4, 0.5) is 10.5 Å². The van der Waals surface area contributed by atoms with Gasteiger partial charge in [0.1, 0.15) is 16.4 Å². The predicted molar refractivity (Wildman–Crippen MR) is 157 cm³/mol. The van der Waals surface area contributed by atoms with E-state index < -0.39 is 27.5 Å². The summed E-state index contributed by atoms with van der Waals surface area (Å²) in [5.41, 5.74) is -1.81. The number of aromatic nitrogens is 1. The minimum Gasteiger partial charge on any atom is -0.497 e. The van der Waals surface area contributed by atoms with Crippen LogP contribution >= 0.6 is 0 Å². The van der Waals surface area contributed by atoms with E-state index in [4.69, 9.17) is 14.2 Å². The largest absolute Gasteiger partial charge is 0.497 e. The van der Waals surface area contributed by atoms with Gasteiger partial charge in [0.25, 0.3) is 15.9 Å². The SMILES string of the molecule is CCOc1ncccc1C1(NC(=O)N2CC3(CNC3)C2)C(=O)N(S(=O)(=O)c2ccc(OC)cc2OC)c2ccc(C#N)cc21. The number of ether oxygens (including phenoxy) is 3. The van der Waals surface area contributed by atoms with Crippen LogP contribution in [-0.2, 0) is 20.4 Å². The molecule has 0 aliphatic carbocycles. The number of rotatable bonds is 8. The summed E-state index contributed by atoms with van der Waals surface area (Å²) in [7, 11) is -1.93. The van der Waals surface area contributed by atoms with Crippen LogP contribution in [0.25, 0.3) is 0 Å². The zero-order chi connectivity index (χ0) is 31.3. The fourth-order valence-electron chi connectivity index (χ4n) is 6.01. The molecule has 1 aromatic heterocycles. The average molecular weight is 619 g/mol.